The Morgan fingerprint density at radius 3 is 2.44 bits per heavy atom. The van der Waals surface area contributed by atoms with Crippen molar-refractivity contribution in [3.63, 3.8) is 0 Å². The Morgan fingerprint density at radius 1 is 0.833 bits per heavy atom. The minimum atomic E-state index is -0.785. The topological polar surface area (TPSA) is 102 Å². The van der Waals surface area contributed by atoms with Crippen molar-refractivity contribution in [2.75, 3.05) is 21.3 Å². The number of carbonyl (C=O) groups is 1. The summed E-state index contributed by atoms with van der Waals surface area (Å²) < 4.78 is 16.8. The zero-order valence-corrected chi connectivity index (χ0v) is 20.1. The molecule has 6 rings (SSSR count). The fourth-order valence-electron chi connectivity index (χ4n) is 4.98. The number of para-hydroxylation sites is 2. The summed E-state index contributed by atoms with van der Waals surface area (Å²) in [4.78, 5) is 29.7. The Kier molecular flexibility index (Phi) is 5.30. The van der Waals surface area contributed by atoms with Crippen LogP contribution >= 0.6 is 0 Å². The molecule has 0 amide bonds. The van der Waals surface area contributed by atoms with Gasteiger partial charge in [0.15, 0.2) is 0 Å². The lowest BCUT2D eigenvalue weighted by molar-refractivity contribution is 0.0601. The largest absolute Gasteiger partial charge is 0.495 e. The van der Waals surface area contributed by atoms with E-state index in [9.17, 15) is 4.79 Å². The summed E-state index contributed by atoms with van der Waals surface area (Å²) in [6.07, 6.45) is 2.85. The highest BCUT2D eigenvalue weighted by atomic mass is 16.5. The zero-order chi connectivity index (χ0) is 24.8. The number of pyridine rings is 2. The van der Waals surface area contributed by atoms with Crippen molar-refractivity contribution in [3.8, 4) is 11.5 Å². The molecule has 0 saturated carbocycles. The van der Waals surface area contributed by atoms with Crippen LogP contribution in [-0.2, 0) is 11.2 Å². The van der Waals surface area contributed by atoms with E-state index < -0.39 is 6.10 Å². The Balaban J connectivity index is 1.46. The summed E-state index contributed by atoms with van der Waals surface area (Å²) in [6.45, 7) is 0. The number of rotatable bonds is 7. The Hall–Kier alpha value is -4.43. The first-order valence-electron chi connectivity index (χ1n) is 11.6. The van der Waals surface area contributed by atoms with Gasteiger partial charge in [0.25, 0.3) is 0 Å². The number of benzene rings is 2. The van der Waals surface area contributed by atoms with Crippen molar-refractivity contribution >= 4 is 49.4 Å². The van der Waals surface area contributed by atoms with E-state index in [4.69, 9.17) is 14.2 Å². The Bertz CT molecular complexity index is 1770. The summed E-state index contributed by atoms with van der Waals surface area (Å²) in [5, 5.41) is 3.83. The monoisotopic (exact) mass is 480 g/mol. The van der Waals surface area contributed by atoms with Crippen LogP contribution in [0.5, 0.6) is 11.5 Å². The van der Waals surface area contributed by atoms with E-state index in [2.05, 4.69) is 26.0 Å². The highest BCUT2D eigenvalue weighted by Gasteiger charge is 2.28. The smallest absolute Gasteiger partial charge is 0.212 e. The molecule has 0 aliphatic rings. The summed E-state index contributed by atoms with van der Waals surface area (Å²) in [5.41, 5.74) is 4.31. The predicted octanol–water partition coefficient (Wildman–Crippen LogP) is 5.20. The molecule has 0 aliphatic heterocycles. The molecule has 0 fully saturated rings. The SMILES string of the molecule is COc1cccc2c1[nH]c1c(C(=O)[C@@H](Cc3nccc4c3[nH]c3ccccc34)OC)ncc(OC)c12. The second-order valence-corrected chi connectivity index (χ2v) is 8.58. The third-order valence-corrected chi connectivity index (χ3v) is 6.72. The molecule has 6 aromatic rings. The molecule has 36 heavy (non-hydrogen) atoms. The lowest BCUT2D eigenvalue weighted by atomic mass is 10.0. The van der Waals surface area contributed by atoms with Crippen molar-refractivity contribution in [2.24, 2.45) is 0 Å². The average molecular weight is 481 g/mol. The maximum atomic E-state index is 13.8. The third-order valence-electron chi connectivity index (χ3n) is 6.72. The zero-order valence-electron chi connectivity index (χ0n) is 20.1. The molecule has 1 atom stereocenters. The number of hydrogen-bond donors (Lipinski definition) is 2. The van der Waals surface area contributed by atoms with Crippen molar-refractivity contribution < 1.29 is 19.0 Å². The second kappa shape index (κ2) is 8.66. The Morgan fingerprint density at radius 2 is 1.64 bits per heavy atom. The normalized spacial score (nSPS) is 12.5. The second-order valence-electron chi connectivity index (χ2n) is 8.58. The number of fused-ring (bicyclic) bond motifs is 6. The molecule has 2 aromatic carbocycles. The fourth-order valence-corrected chi connectivity index (χ4v) is 4.98. The fraction of sp³-hybridized carbons (Fsp3) is 0.179. The van der Waals surface area contributed by atoms with Gasteiger partial charge in [-0.15, -0.1) is 0 Å². The quantitative estimate of drug-likeness (QED) is 0.305. The number of aromatic amines is 2. The Labute approximate surface area is 206 Å². The van der Waals surface area contributed by atoms with Crippen molar-refractivity contribution in [1.29, 1.82) is 0 Å². The number of ketones is 1. The van der Waals surface area contributed by atoms with E-state index >= 15 is 0 Å². The van der Waals surface area contributed by atoms with E-state index in [1.54, 1.807) is 26.6 Å². The number of nitrogens with one attached hydrogen (secondary N) is 2. The van der Waals surface area contributed by atoms with Gasteiger partial charge in [-0.3, -0.25) is 9.78 Å². The predicted molar refractivity (Wildman–Crippen MR) is 139 cm³/mol. The highest BCUT2D eigenvalue weighted by Crippen LogP contribution is 2.38. The van der Waals surface area contributed by atoms with Crippen molar-refractivity contribution in [3.05, 3.63) is 72.3 Å². The number of nitrogens with zero attached hydrogens (tertiary/aromatic N) is 2. The minimum absolute atomic E-state index is 0.245. The first-order chi connectivity index (χ1) is 17.6. The maximum Gasteiger partial charge on any atom is 0.212 e. The molecule has 4 heterocycles. The van der Waals surface area contributed by atoms with Crippen LogP contribution in [0.2, 0.25) is 0 Å². The summed E-state index contributed by atoms with van der Waals surface area (Å²) in [7, 11) is 4.73. The van der Waals surface area contributed by atoms with E-state index in [0.717, 1.165) is 43.8 Å². The number of hydrogen-bond acceptors (Lipinski definition) is 6. The molecule has 4 aromatic heterocycles. The molecule has 0 spiro atoms. The van der Waals surface area contributed by atoms with Gasteiger partial charge in [-0.1, -0.05) is 30.3 Å². The van der Waals surface area contributed by atoms with Crippen LogP contribution in [0.25, 0.3) is 43.6 Å². The number of H-pyrrole nitrogens is 2. The van der Waals surface area contributed by atoms with Gasteiger partial charge in [0.05, 0.1) is 48.0 Å². The summed E-state index contributed by atoms with van der Waals surface area (Å²) in [6, 6.07) is 15.8. The minimum Gasteiger partial charge on any atom is -0.495 e. The van der Waals surface area contributed by atoms with Crippen LogP contribution in [0, 0.1) is 0 Å². The van der Waals surface area contributed by atoms with E-state index in [-0.39, 0.29) is 17.9 Å². The number of Topliss-reactive ketones (excluding diaryl/α,β-unsaturated/α-hetero) is 1. The third kappa shape index (κ3) is 3.30. The molecule has 2 N–H and O–H groups in total. The number of carbonyl (C=O) groups excluding carboxylic acids is 1. The van der Waals surface area contributed by atoms with Crippen LogP contribution in [0.1, 0.15) is 16.2 Å². The molecule has 8 heteroatoms. The lowest BCUT2D eigenvalue weighted by Crippen LogP contribution is -2.27. The van der Waals surface area contributed by atoms with Gasteiger partial charge in [-0.2, -0.15) is 0 Å². The average Bonchev–Trinajstić information content (AvgIpc) is 3.50. The number of methoxy groups -OCH3 is 3. The lowest BCUT2D eigenvalue weighted by Gasteiger charge is -2.15. The summed E-state index contributed by atoms with van der Waals surface area (Å²) in [5.74, 6) is 0.993. The molecular formula is C28H24N4O4. The molecule has 0 radical (unpaired) electrons. The standard InChI is InChI=1S/C28H24N4O4/c1-34-20-10-6-8-17-23-22(36-3)14-30-27(26(23)32-25(17)20)28(33)21(35-2)13-19-24-16(11-12-29-19)15-7-4-5-9-18(15)31-24/h4-12,14,21,31-32H,13H2,1-3H3/t21-/m1/s1. The molecule has 0 unspecified atom stereocenters. The van der Waals surface area contributed by atoms with Gasteiger partial charge >= 0.3 is 0 Å². The van der Waals surface area contributed by atoms with Crippen LogP contribution in [0.3, 0.4) is 0 Å². The molecule has 0 bridgehead atoms. The van der Waals surface area contributed by atoms with E-state index in [1.165, 1.54) is 7.11 Å². The van der Waals surface area contributed by atoms with Gasteiger partial charge in [0.1, 0.15) is 23.3 Å². The van der Waals surface area contributed by atoms with Gasteiger partial charge in [-0.05, 0) is 18.2 Å². The molecular weight excluding hydrogens is 456 g/mol. The number of ether oxygens (including phenoxy) is 3. The van der Waals surface area contributed by atoms with Crippen LogP contribution in [0.4, 0.5) is 0 Å². The molecule has 180 valence electrons. The van der Waals surface area contributed by atoms with Crippen LogP contribution < -0.4 is 9.47 Å². The van der Waals surface area contributed by atoms with Crippen LogP contribution in [0.15, 0.2) is 60.9 Å². The van der Waals surface area contributed by atoms with E-state index in [0.29, 0.717) is 17.0 Å². The number of aromatic nitrogens is 4. The molecule has 0 saturated heterocycles. The first kappa shape index (κ1) is 22.1. The first-order valence-corrected chi connectivity index (χ1v) is 11.6. The van der Waals surface area contributed by atoms with Gasteiger partial charge < -0.3 is 24.2 Å². The van der Waals surface area contributed by atoms with Gasteiger partial charge in [0, 0.05) is 41.4 Å². The van der Waals surface area contributed by atoms with Gasteiger partial charge in [-0.25, -0.2) is 4.98 Å². The summed E-state index contributed by atoms with van der Waals surface area (Å²) >= 11 is 0. The van der Waals surface area contributed by atoms with Crippen molar-refractivity contribution in [2.45, 2.75) is 12.5 Å². The van der Waals surface area contributed by atoms with Crippen molar-refractivity contribution in [1.82, 2.24) is 19.9 Å². The molecule has 0 aliphatic carbocycles. The highest BCUT2D eigenvalue weighted by molar-refractivity contribution is 6.18. The van der Waals surface area contributed by atoms with Gasteiger partial charge in [0.2, 0.25) is 5.78 Å². The van der Waals surface area contributed by atoms with E-state index in [1.807, 2.05) is 42.5 Å². The van der Waals surface area contributed by atoms with Crippen LogP contribution in [-0.4, -0.2) is 53.2 Å². The molecule has 8 nitrogen and oxygen atoms in total. The maximum absolute atomic E-state index is 13.8.